The van der Waals surface area contributed by atoms with Crippen molar-refractivity contribution >= 4 is 45.1 Å². The third kappa shape index (κ3) is 4.29. The minimum Gasteiger partial charge on any atom is -0.383 e. The molecule has 1 heterocycles. The van der Waals surface area contributed by atoms with Crippen molar-refractivity contribution in [1.82, 2.24) is 0 Å². The molecule has 0 bridgehead atoms. The quantitative estimate of drug-likeness (QED) is 0.240. The first kappa shape index (κ1) is 22.9. The lowest BCUT2D eigenvalue weighted by molar-refractivity contribution is 0.112. The number of nitrogen functional groups attached to an aromatic ring is 1. The van der Waals surface area contributed by atoms with Crippen LogP contribution in [0.2, 0.25) is 0 Å². The van der Waals surface area contributed by atoms with Gasteiger partial charge in [0.15, 0.2) is 0 Å². The Bertz CT molecular complexity index is 1180. The normalized spacial score (nSPS) is 11.0. The number of sulfone groups is 1. The first-order valence-corrected chi connectivity index (χ1v) is 11.7. The van der Waals surface area contributed by atoms with E-state index < -0.39 is 9.84 Å². The number of thioether (sulfide) groups is 1. The standard InChI is InChI=1S/C20H18N2O3S3.CH4/c1-12-14(11-23)6-4-8-16(12)13-5-3-7-15(9-13)28(24,25)18-10-17(19(21)22)27-20(18)26-2;/h3-11H,1-2H3,(H3,21,22);1H4. The number of carbonyl (C=O) groups excluding carboxylic acids is 1. The van der Waals surface area contributed by atoms with Crippen molar-refractivity contribution < 1.29 is 13.2 Å². The van der Waals surface area contributed by atoms with E-state index in [4.69, 9.17) is 11.1 Å². The molecular weight excluding hydrogens is 424 g/mol. The van der Waals surface area contributed by atoms with Crippen molar-refractivity contribution in [2.75, 3.05) is 6.26 Å². The Balaban J connectivity index is 0.00000300. The van der Waals surface area contributed by atoms with Crippen LogP contribution in [0.15, 0.2) is 62.5 Å². The van der Waals surface area contributed by atoms with Gasteiger partial charge < -0.3 is 5.73 Å². The second kappa shape index (κ2) is 8.94. The van der Waals surface area contributed by atoms with Crippen LogP contribution in [-0.4, -0.2) is 26.8 Å². The Hall–Kier alpha value is -2.42. The smallest absolute Gasteiger partial charge is 0.208 e. The van der Waals surface area contributed by atoms with Crippen LogP contribution < -0.4 is 5.73 Å². The van der Waals surface area contributed by atoms with Crippen molar-refractivity contribution in [3.05, 3.63) is 64.5 Å². The Labute approximate surface area is 179 Å². The monoisotopic (exact) mass is 446 g/mol. The van der Waals surface area contributed by atoms with E-state index in [-0.39, 0.29) is 23.1 Å². The molecule has 152 valence electrons. The summed E-state index contributed by atoms with van der Waals surface area (Å²) in [7, 11) is -3.79. The molecule has 0 radical (unpaired) electrons. The van der Waals surface area contributed by atoms with Gasteiger partial charge in [-0.3, -0.25) is 10.2 Å². The number of amidine groups is 1. The molecule has 3 rings (SSSR count). The topological polar surface area (TPSA) is 101 Å². The molecule has 0 amide bonds. The number of hydrogen-bond acceptors (Lipinski definition) is 6. The van der Waals surface area contributed by atoms with Crippen LogP contribution in [0.1, 0.15) is 28.2 Å². The first-order valence-electron chi connectivity index (χ1n) is 8.22. The molecule has 0 unspecified atom stereocenters. The molecule has 8 heteroatoms. The van der Waals surface area contributed by atoms with Crippen LogP contribution in [0.3, 0.4) is 0 Å². The summed E-state index contributed by atoms with van der Waals surface area (Å²) < 4.78 is 27.1. The highest BCUT2D eigenvalue weighted by Crippen LogP contribution is 2.37. The highest BCUT2D eigenvalue weighted by Gasteiger charge is 2.25. The maximum absolute atomic E-state index is 13.3. The van der Waals surface area contributed by atoms with Gasteiger partial charge in [0, 0.05) is 5.56 Å². The third-order valence-corrected chi connectivity index (χ3v) is 8.70. The maximum Gasteiger partial charge on any atom is 0.208 e. The number of aldehydes is 1. The van der Waals surface area contributed by atoms with Crippen LogP contribution in [0.4, 0.5) is 0 Å². The Morgan fingerprint density at radius 1 is 1.17 bits per heavy atom. The van der Waals surface area contributed by atoms with Crippen LogP contribution in [0, 0.1) is 12.3 Å². The molecule has 0 saturated heterocycles. The highest BCUT2D eigenvalue weighted by molar-refractivity contribution is 8.01. The second-order valence-electron chi connectivity index (χ2n) is 6.05. The van der Waals surface area contributed by atoms with Gasteiger partial charge >= 0.3 is 0 Å². The molecule has 29 heavy (non-hydrogen) atoms. The van der Waals surface area contributed by atoms with Gasteiger partial charge in [-0.1, -0.05) is 37.8 Å². The van der Waals surface area contributed by atoms with E-state index in [1.54, 1.807) is 36.6 Å². The largest absolute Gasteiger partial charge is 0.383 e. The van der Waals surface area contributed by atoms with Crippen LogP contribution >= 0.6 is 23.1 Å². The first-order chi connectivity index (χ1) is 13.3. The minimum atomic E-state index is -3.79. The number of benzene rings is 2. The molecule has 3 N–H and O–H groups in total. The summed E-state index contributed by atoms with van der Waals surface area (Å²) in [5.41, 5.74) is 8.43. The van der Waals surface area contributed by atoms with Gasteiger partial charge in [-0.15, -0.1) is 23.1 Å². The lowest BCUT2D eigenvalue weighted by Gasteiger charge is -2.10. The molecule has 5 nitrogen and oxygen atoms in total. The van der Waals surface area contributed by atoms with Crippen molar-refractivity contribution in [1.29, 1.82) is 5.41 Å². The average Bonchev–Trinajstić information content (AvgIpc) is 3.14. The van der Waals surface area contributed by atoms with E-state index in [1.165, 1.54) is 29.2 Å². The summed E-state index contributed by atoms with van der Waals surface area (Å²) in [6.07, 6.45) is 2.58. The molecule has 1 aromatic heterocycles. The zero-order valence-corrected chi connectivity index (χ0v) is 17.7. The third-order valence-electron chi connectivity index (χ3n) is 4.36. The Kier molecular flexibility index (Phi) is 7.05. The predicted molar refractivity (Wildman–Crippen MR) is 121 cm³/mol. The van der Waals surface area contributed by atoms with E-state index >= 15 is 0 Å². The summed E-state index contributed by atoms with van der Waals surface area (Å²) in [4.78, 5) is 12.0. The zero-order valence-electron chi connectivity index (χ0n) is 15.2. The van der Waals surface area contributed by atoms with Gasteiger partial charge in [0.05, 0.1) is 18.9 Å². The molecule has 3 aromatic rings. The van der Waals surface area contributed by atoms with E-state index in [2.05, 4.69) is 0 Å². The zero-order chi connectivity index (χ0) is 20.5. The van der Waals surface area contributed by atoms with E-state index in [1.807, 2.05) is 19.1 Å². The number of hydrogen-bond donors (Lipinski definition) is 2. The average molecular weight is 447 g/mol. The molecular formula is C21H22N2O3S3. The number of nitrogens with two attached hydrogens (primary N) is 1. The number of nitrogens with one attached hydrogen (secondary N) is 1. The Morgan fingerprint density at radius 2 is 1.86 bits per heavy atom. The predicted octanol–water partition coefficient (Wildman–Crippen LogP) is 5.01. The molecule has 0 aliphatic heterocycles. The SMILES string of the molecule is C.CSc1sc(C(=N)N)cc1S(=O)(=O)c1cccc(-c2cccc(C=O)c2C)c1. The number of thiophene rings is 1. The molecule has 0 spiro atoms. The van der Waals surface area contributed by atoms with E-state index in [0.717, 1.165) is 23.0 Å². The summed E-state index contributed by atoms with van der Waals surface area (Å²) in [5, 5.41) is 7.59. The lowest BCUT2D eigenvalue weighted by atomic mass is 9.97. The summed E-state index contributed by atoms with van der Waals surface area (Å²) >= 11 is 2.50. The lowest BCUT2D eigenvalue weighted by Crippen LogP contribution is -2.08. The fourth-order valence-electron chi connectivity index (χ4n) is 2.87. The summed E-state index contributed by atoms with van der Waals surface area (Å²) in [5.74, 6) is -0.156. The second-order valence-corrected chi connectivity index (χ2v) is 10.1. The Morgan fingerprint density at radius 3 is 2.48 bits per heavy atom. The van der Waals surface area contributed by atoms with Crippen molar-refractivity contribution in [2.45, 2.75) is 28.4 Å². The summed E-state index contributed by atoms with van der Waals surface area (Å²) in [6, 6.07) is 13.5. The van der Waals surface area contributed by atoms with Crippen molar-refractivity contribution in [2.24, 2.45) is 5.73 Å². The van der Waals surface area contributed by atoms with E-state index in [9.17, 15) is 13.2 Å². The van der Waals surface area contributed by atoms with Gasteiger partial charge in [-0.05, 0) is 48.1 Å². The molecule has 0 saturated carbocycles. The number of rotatable bonds is 6. The van der Waals surface area contributed by atoms with Crippen LogP contribution in [0.25, 0.3) is 11.1 Å². The van der Waals surface area contributed by atoms with Gasteiger partial charge in [0.2, 0.25) is 9.84 Å². The molecule has 2 aromatic carbocycles. The van der Waals surface area contributed by atoms with Crippen molar-refractivity contribution in [3.63, 3.8) is 0 Å². The van der Waals surface area contributed by atoms with Crippen LogP contribution in [-0.2, 0) is 9.84 Å². The fourth-order valence-corrected chi connectivity index (χ4v) is 6.77. The van der Waals surface area contributed by atoms with E-state index in [0.29, 0.717) is 14.6 Å². The molecule has 0 aliphatic carbocycles. The molecule has 0 aliphatic rings. The van der Waals surface area contributed by atoms with Crippen molar-refractivity contribution in [3.8, 4) is 11.1 Å². The molecule has 0 atom stereocenters. The minimum absolute atomic E-state index is 0. The number of carbonyl (C=O) groups is 1. The van der Waals surface area contributed by atoms with Gasteiger partial charge in [0.25, 0.3) is 0 Å². The van der Waals surface area contributed by atoms with Gasteiger partial charge in [0.1, 0.15) is 12.1 Å². The fraction of sp³-hybridized carbons (Fsp3) is 0.143. The van der Waals surface area contributed by atoms with Gasteiger partial charge in [-0.2, -0.15) is 0 Å². The maximum atomic E-state index is 13.3. The molecule has 0 fully saturated rings. The van der Waals surface area contributed by atoms with Crippen LogP contribution in [0.5, 0.6) is 0 Å². The highest BCUT2D eigenvalue weighted by atomic mass is 32.2. The summed E-state index contributed by atoms with van der Waals surface area (Å²) in [6.45, 7) is 1.84. The van der Waals surface area contributed by atoms with Gasteiger partial charge in [-0.25, -0.2) is 8.42 Å².